The molecular formula is C13H10BrFN2O2. The minimum Gasteiger partial charge on any atom is -0.478 e. The van der Waals surface area contributed by atoms with Gasteiger partial charge in [0.25, 0.3) is 0 Å². The van der Waals surface area contributed by atoms with Gasteiger partial charge in [0.15, 0.2) is 5.82 Å². The first kappa shape index (κ1) is 13.6. The lowest BCUT2D eigenvalue weighted by atomic mass is 10.1. The van der Waals surface area contributed by atoms with Crippen LogP contribution in [0.4, 0.5) is 4.39 Å². The van der Waals surface area contributed by atoms with Crippen LogP contribution in [0.2, 0.25) is 0 Å². The number of carboxylic acids is 1. The van der Waals surface area contributed by atoms with E-state index in [9.17, 15) is 9.18 Å². The SMILES string of the molecule is Cc1nc(-c2ccc(F)c(Br)c2)nc(C)c1C(=O)O. The van der Waals surface area contributed by atoms with Gasteiger partial charge in [-0.15, -0.1) is 0 Å². The Balaban J connectivity index is 2.58. The van der Waals surface area contributed by atoms with Crippen LogP contribution in [-0.2, 0) is 0 Å². The minimum absolute atomic E-state index is 0.102. The van der Waals surface area contributed by atoms with E-state index in [1.54, 1.807) is 26.0 Å². The number of rotatable bonds is 2. The average Bonchev–Trinajstić information content (AvgIpc) is 2.31. The van der Waals surface area contributed by atoms with E-state index in [4.69, 9.17) is 5.11 Å². The number of aromatic nitrogens is 2. The van der Waals surface area contributed by atoms with Crippen molar-refractivity contribution >= 4 is 21.9 Å². The third kappa shape index (κ3) is 2.63. The maximum atomic E-state index is 13.2. The first-order valence-electron chi connectivity index (χ1n) is 5.44. The molecule has 1 aromatic carbocycles. The van der Waals surface area contributed by atoms with Crippen molar-refractivity contribution in [3.05, 3.63) is 45.4 Å². The average molecular weight is 325 g/mol. The quantitative estimate of drug-likeness (QED) is 0.920. The van der Waals surface area contributed by atoms with Crippen LogP contribution in [0, 0.1) is 19.7 Å². The van der Waals surface area contributed by atoms with Gasteiger partial charge in [-0.2, -0.15) is 0 Å². The second kappa shape index (κ2) is 5.05. The van der Waals surface area contributed by atoms with Gasteiger partial charge in [0.1, 0.15) is 11.4 Å². The summed E-state index contributed by atoms with van der Waals surface area (Å²) >= 11 is 3.09. The molecule has 0 amide bonds. The number of carbonyl (C=O) groups is 1. The van der Waals surface area contributed by atoms with Crippen molar-refractivity contribution in [1.29, 1.82) is 0 Å². The van der Waals surface area contributed by atoms with Gasteiger partial charge in [-0.25, -0.2) is 19.2 Å². The monoisotopic (exact) mass is 324 g/mol. The summed E-state index contributed by atoms with van der Waals surface area (Å²) in [4.78, 5) is 19.4. The molecule has 0 unspecified atom stereocenters. The number of aryl methyl sites for hydroxylation is 2. The van der Waals surface area contributed by atoms with Crippen LogP contribution in [-0.4, -0.2) is 21.0 Å². The number of nitrogens with zero attached hydrogens (tertiary/aromatic N) is 2. The molecule has 0 saturated heterocycles. The zero-order valence-electron chi connectivity index (χ0n) is 10.2. The Bertz CT molecular complexity index is 651. The number of aromatic carboxylic acids is 1. The van der Waals surface area contributed by atoms with Crippen molar-refractivity contribution in [2.75, 3.05) is 0 Å². The minimum atomic E-state index is -1.05. The van der Waals surface area contributed by atoms with Gasteiger partial charge in [0.05, 0.1) is 15.9 Å². The normalized spacial score (nSPS) is 10.5. The highest BCUT2D eigenvalue weighted by Gasteiger charge is 2.16. The molecule has 6 heteroatoms. The molecular weight excluding hydrogens is 315 g/mol. The van der Waals surface area contributed by atoms with E-state index in [2.05, 4.69) is 25.9 Å². The molecule has 0 aliphatic rings. The molecule has 1 heterocycles. The molecule has 0 bridgehead atoms. The van der Waals surface area contributed by atoms with Gasteiger partial charge in [0.2, 0.25) is 0 Å². The summed E-state index contributed by atoms with van der Waals surface area (Å²) in [5.41, 5.74) is 1.49. The van der Waals surface area contributed by atoms with E-state index in [1.807, 2.05) is 0 Å². The molecule has 2 rings (SSSR count). The summed E-state index contributed by atoms with van der Waals surface area (Å²) in [5.74, 6) is -1.05. The van der Waals surface area contributed by atoms with Crippen LogP contribution in [0.3, 0.4) is 0 Å². The Morgan fingerprint density at radius 1 is 1.26 bits per heavy atom. The molecule has 0 aliphatic carbocycles. The van der Waals surface area contributed by atoms with Crippen LogP contribution >= 0.6 is 15.9 Å². The number of carboxylic acid groups (broad SMARTS) is 1. The fourth-order valence-electron chi connectivity index (χ4n) is 1.79. The van der Waals surface area contributed by atoms with Gasteiger partial charge in [-0.1, -0.05) is 0 Å². The standard InChI is InChI=1S/C13H10BrFN2O2/c1-6-11(13(18)19)7(2)17-12(16-6)8-3-4-10(15)9(14)5-8/h3-5H,1-2H3,(H,18,19). The van der Waals surface area contributed by atoms with Gasteiger partial charge in [-0.05, 0) is 48.0 Å². The fourth-order valence-corrected chi connectivity index (χ4v) is 2.17. The Labute approximate surface area is 117 Å². The Hall–Kier alpha value is -1.82. The smallest absolute Gasteiger partial charge is 0.339 e. The summed E-state index contributed by atoms with van der Waals surface area (Å²) in [5, 5.41) is 9.05. The number of benzene rings is 1. The lowest BCUT2D eigenvalue weighted by Crippen LogP contribution is -2.08. The van der Waals surface area contributed by atoms with Crippen molar-refractivity contribution in [2.45, 2.75) is 13.8 Å². The molecule has 0 saturated carbocycles. The van der Waals surface area contributed by atoms with Crippen LogP contribution in [0.1, 0.15) is 21.7 Å². The predicted molar refractivity (Wildman–Crippen MR) is 71.6 cm³/mol. The Morgan fingerprint density at radius 2 is 1.84 bits per heavy atom. The first-order valence-corrected chi connectivity index (χ1v) is 6.23. The topological polar surface area (TPSA) is 63.1 Å². The van der Waals surface area contributed by atoms with Gasteiger partial charge in [-0.3, -0.25) is 0 Å². The van der Waals surface area contributed by atoms with Gasteiger partial charge >= 0.3 is 5.97 Å². The van der Waals surface area contributed by atoms with Crippen molar-refractivity contribution in [3.8, 4) is 11.4 Å². The maximum absolute atomic E-state index is 13.2. The fraction of sp³-hybridized carbons (Fsp3) is 0.154. The van der Waals surface area contributed by atoms with Gasteiger partial charge in [0, 0.05) is 5.56 Å². The van der Waals surface area contributed by atoms with Gasteiger partial charge < -0.3 is 5.11 Å². The Morgan fingerprint density at radius 3 is 2.32 bits per heavy atom. The van der Waals surface area contributed by atoms with E-state index in [0.717, 1.165) is 0 Å². The van der Waals surface area contributed by atoms with E-state index < -0.39 is 5.97 Å². The number of hydrogen-bond acceptors (Lipinski definition) is 3. The molecule has 0 fully saturated rings. The molecule has 0 aliphatic heterocycles. The first-order chi connectivity index (χ1) is 8.90. The van der Waals surface area contributed by atoms with E-state index >= 15 is 0 Å². The molecule has 1 N–H and O–H groups in total. The summed E-state index contributed by atoms with van der Waals surface area (Å²) < 4.78 is 13.5. The lowest BCUT2D eigenvalue weighted by Gasteiger charge is -2.08. The van der Waals surface area contributed by atoms with E-state index in [-0.39, 0.29) is 11.4 Å². The molecule has 98 valence electrons. The predicted octanol–water partition coefficient (Wildman–Crippen LogP) is 3.36. The van der Waals surface area contributed by atoms with Crippen LogP contribution in [0.25, 0.3) is 11.4 Å². The largest absolute Gasteiger partial charge is 0.478 e. The molecule has 1 aromatic heterocycles. The van der Waals surface area contributed by atoms with Crippen LogP contribution in [0.15, 0.2) is 22.7 Å². The number of hydrogen-bond donors (Lipinski definition) is 1. The maximum Gasteiger partial charge on any atom is 0.339 e. The summed E-state index contributed by atoms with van der Waals surface area (Å²) in [7, 11) is 0. The highest BCUT2D eigenvalue weighted by atomic mass is 79.9. The highest BCUT2D eigenvalue weighted by molar-refractivity contribution is 9.10. The summed E-state index contributed by atoms with van der Waals surface area (Å²) in [6.07, 6.45) is 0. The number of halogens is 2. The van der Waals surface area contributed by atoms with Crippen LogP contribution in [0.5, 0.6) is 0 Å². The van der Waals surface area contributed by atoms with E-state index in [1.165, 1.54) is 6.07 Å². The van der Waals surface area contributed by atoms with E-state index in [0.29, 0.717) is 27.2 Å². The molecule has 4 nitrogen and oxygen atoms in total. The summed E-state index contributed by atoms with van der Waals surface area (Å²) in [6.45, 7) is 3.22. The summed E-state index contributed by atoms with van der Waals surface area (Å²) in [6, 6.07) is 4.41. The van der Waals surface area contributed by atoms with Crippen LogP contribution < -0.4 is 0 Å². The lowest BCUT2D eigenvalue weighted by molar-refractivity contribution is 0.0694. The molecule has 19 heavy (non-hydrogen) atoms. The molecule has 0 atom stereocenters. The Kier molecular flexibility index (Phi) is 3.61. The third-order valence-electron chi connectivity index (χ3n) is 2.66. The van der Waals surface area contributed by atoms with Crippen molar-refractivity contribution in [1.82, 2.24) is 9.97 Å². The highest BCUT2D eigenvalue weighted by Crippen LogP contribution is 2.24. The van der Waals surface area contributed by atoms with Crippen molar-refractivity contribution in [2.24, 2.45) is 0 Å². The molecule has 2 aromatic rings. The second-order valence-corrected chi connectivity index (χ2v) is 4.88. The second-order valence-electron chi connectivity index (χ2n) is 4.03. The zero-order chi connectivity index (χ0) is 14.2. The third-order valence-corrected chi connectivity index (χ3v) is 3.27. The molecule has 0 radical (unpaired) electrons. The molecule has 0 spiro atoms. The van der Waals surface area contributed by atoms with Crippen molar-refractivity contribution in [3.63, 3.8) is 0 Å². The van der Waals surface area contributed by atoms with Crippen molar-refractivity contribution < 1.29 is 14.3 Å². The zero-order valence-corrected chi connectivity index (χ0v) is 11.8.